The topological polar surface area (TPSA) is 105 Å². The Labute approximate surface area is 135 Å². The van der Waals surface area contributed by atoms with Gasteiger partial charge in [0.1, 0.15) is 0 Å². The largest absolute Gasteiger partial charge is 0.465 e. The van der Waals surface area contributed by atoms with Gasteiger partial charge in [0.25, 0.3) is 0 Å². The van der Waals surface area contributed by atoms with Gasteiger partial charge >= 0.3 is 11.9 Å². The van der Waals surface area contributed by atoms with Crippen LogP contribution >= 0.6 is 0 Å². The predicted molar refractivity (Wildman–Crippen MR) is 88.4 cm³/mol. The number of nitrogen functional groups attached to an aromatic ring is 1. The quantitative estimate of drug-likeness (QED) is 0.329. The molecule has 4 N–H and O–H groups in total. The zero-order chi connectivity index (χ0) is 17.1. The maximum atomic E-state index is 11.7. The van der Waals surface area contributed by atoms with Gasteiger partial charge in [-0.25, -0.2) is 4.79 Å². The summed E-state index contributed by atoms with van der Waals surface area (Å²) >= 11 is 0. The number of benzene rings is 1. The van der Waals surface area contributed by atoms with E-state index in [1.165, 1.54) is 0 Å². The molecule has 6 nitrogen and oxygen atoms in total. The second-order valence-electron chi connectivity index (χ2n) is 4.73. The molecule has 1 aromatic carbocycles. The highest BCUT2D eigenvalue weighted by Crippen LogP contribution is 2.07. The SMILES string of the molecule is C/C=C(N)/C=C/CC(=O)OCCCOC(=O)c1ccc(N)cc1. The lowest BCUT2D eigenvalue weighted by molar-refractivity contribution is -0.142. The van der Waals surface area contributed by atoms with Crippen molar-refractivity contribution in [1.29, 1.82) is 0 Å². The third-order valence-electron chi connectivity index (χ3n) is 2.86. The van der Waals surface area contributed by atoms with Crippen LogP contribution in [0, 0.1) is 0 Å². The van der Waals surface area contributed by atoms with Crippen molar-refractivity contribution in [3.63, 3.8) is 0 Å². The molecule has 6 heteroatoms. The van der Waals surface area contributed by atoms with Gasteiger partial charge in [-0.15, -0.1) is 0 Å². The number of allylic oxidation sites excluding steroid dienone is 2. The Hall–Kier alpha value is -2.76. The van der Waals surface area contributed by atoms with Crippen LogP contribution in [0.2, 0.25) is 0 Å². The standard InChI is InChI=1S/C17H22N2O4/c1-2-14(18)5-3-6-16(20)22-11-4-12-23-17(21)13-7-9-15(19)10-8-13/h2-3,5,7-10H,4,6,11-12,18-19H2,1H3/b5-3+,14-2-. The zero-order valence-corrected chi connectivity index (χ0v) is 13.2. The average molecular weight is 318 g/mol. The van der Waals surface area contributed by atoms with Crippen LogP contribution < -0.4 is 11.5 Å². The van der Waals surface area contributed by atoms with Crippen molar-refractivity contribution >= 4 is 17.6 Å². The Morgan fingerprint density at radius 2 is 1.78 bits per heavy atom. The fourth-order valence-electron chi connectivity index (χ4n) is 1.56. The van der Waals surface area contributed by atoms with Gasteiger partial charge in [0.2, 0.25) is 0 Å². The molecule has 0 aliphatic heterocycles. The molecule has 0 aliphatic carbocycles. The number of hydrogen-bond donors (Lipinski definition) is 2. The Balaban J connectivity index is 2.15. The van der Waals surface area contributed by atoms with Crippen LogP contribution in [0.25, 0.3) is 0 Å². The maximum absolute atomic E-state index is 11.7. The fourth-order valence-corrected chi connectivity index (χ4v) is 1.56. The first-order chi connectivity index (χ1) is 11.0. The molecule has 0 fully saturated rings. The first-order valence-corrected chi connectivity index (χ1v) is 7.29. The van der Waals surface area contributed by atoms with E-state index in [4.69, 9.17) is 20.9 Å². The molecule has 0 atom stereocenters. The van der Waals surface area contributed by atoms with Gasteiger partial charge in [0.15, 0.2) is 0 Å². The molecule has 124 valence electrons. The summed E-state index contributed by atoms with van der Waals surface area (Å²) in [7, 11) is 0. The van der Waals surface area contributed by atoms with Crippen molar-refractivity contribution < 1.29 is 19.1 Å². The first-order valence-electron chi connectivity index (χ1n) is 7.29. The van der Waals surface area contributed by atoms with E-state index in [0.29, 0.717) is 23.4 Å². The predicted octanol–water partition coefficient (Wildman–Crippen LogP) is 2.17. The number of carbonyl (C=O) groups is 2. The molecule has 1 aromatic rings. The van der Waals surface area contributed by atoms with Gasteiger partial charge in [-0.1, -0.05) is 12.2 Å². The van der Waals surface area contributed by atoms with E-state index in [0.717, 1.165) is 0 Å². The van der Waals surface area contributed by atoms with E-state index < -0.39 is 5.97 Å². The summed E-state index contributed by atoms with van der Waals surface area (Å²) in [4.78, 5) is 23.1. The lowest BCUT2D eigenvalue weighted by Crippen LogP contribution is -2.10. The normalized spacial score (nSPS) is 11.4. The zero-order valence-electron chi connectivity index (χ0n) is 13.2. The van der Waals surface area contributed by atoms with Gasteiger partial charge in [-0.2, -0.15) is 0 Å². The molecule has 0 bridgehead atoms. The minimum absolute atomic E-state index is 0.153. The number of rotatable bonds is 8. The number of hydrogen-bond acceptors (Lipinski definition) is 6. The van der Waals surface area contributed by atoms with Gasteiger partial charge in [0, 0.05) is 17.8 Å². The van der Waals surface area contributed by atoms with Crippen LogP contribution in [0.1, 0.15) is 30.1 Å². The Bertz CT molecular complexity index is 577. The van der Waals surface area contributed by atoms with Crippen molar-refractivity contribution in [2.75, 3.05) is 18.9 Å². The van der Waals surface area contributed by atoms with Crippen LogP contribution in [0.4, 0.5) is 5.69 Å². The molecule has 23 heavy (non-hydrogen) atoms. The molecule has 0 aliphatic rings. The minimum atomic E-state index is -0.430. The van der Waals surface area contributed by atoms with Crippen LogP contribution in [-0.2, 0) is 14.3 Å². The van der Waals surface area contributed by atoms with Gasteiger partial charge < -0.3 is 20.9 Å². The van der Waals surface area contributed by atoms with E-state index >= 15 is 0 Å². The third-order valence-corrected chi connectivity index (χ3v) is 2.86. The Morgan fingerprint density at radius 3 is 2.43 bits per heavy atom. The summed E-state index contributed by atoms with van der Waals surface area (Å²) in [6, 6.07) is 6.46. The van der Waals surface area contributed by atoms with E-state index in [1.807, 2.05) is 6.92 Å². The Morgan fingerprint density at radius 1 is 1.13 bits per heavy atom. The second kappa shape index (κ2) is 10.0. The molecule has 0 unspecified atom stereocenters. The molecule has 0 radical (unpaired) electrons. The highest BCUT2D eigenvalue weighted by Gasteiger charge is 2.06. The summed E-state index contributed by atoms with van der Waals surface area (Å²) in [5.41, 5.74) is 12.7. The van der Waals surface area contributed by atoms with Gasteiger partial charge in [0.05, 0.1) is 25.2 Å². The second-order valence-corrected chi connectivity index (χ2v) is 4.73. The number of esters is 2. The lowest BCUT2D eigenvalue weighted by atomic mass is 10.2. The average Bonchev–Trinajstić information content (AvgIpc) is 2.54. The van der Waals surface area contributed by atoms with E-state index in [2.05, 4.69) is 0 Å². The number of nitrogens with two attached hydrogens (primary N) is 2. The van der Waals surface area contributed by atoms with Crippen molar-refractivity contribution in [2.24, 2.45) is 5.73 Å². The molecule has 0 saturated heterocycles. The van der Waals surface area contributed by atoms with E-state index in [1.54, 1.807) is 42.5 Å². The molecule has 0 heterocycles. The maximum Gasteiger partial charge on any atom is 0.338 e. The van der Waals surface area contributed by atoms with Crippen LogP contribution in [0.15, 0.2) is 48.2 Å². The Kier molecular flexibility index (Phi) is 7.99. The fraction of sp³-hybridized carbons (Fsp3) is 0.294. The lowest BCUT2D eigenvalue weighted by Gasteiger charge is -2.06. The monoisotopic (exact) mass is 318 g/mol. The molecular formula is C17H22N2O4. The summed E-state index contributed by atoms with van der Waals surface area (Å²) in [6.45, 7) is 2.18. The highest BCUT2D eigenvalue weighted by atomic mass is 16.5. The van der Waals surface area contributed by atoms with Crippen molar-refractivity contribution in [1.82, 2.24) is 0 Å². The van der Waals surface area contributed by atoms with Crippen molar-refractivity contribution in [3.8, 4) is 0 Å². The number of anilines is 1. The summed E-state index contributed by atoms with van der Waals surface area (Å²) < 4.78 is 10.1. The first kappa shape index (κ1) is 18.3. The third kappa shape index (κ3) is 7.71. The van der Waals surface area contributed by atoms with Crippen molar-refractivity contribution in [2.45, 2.75) is 19.8 Å². The molecule has 0 amide bonds. The highest BCUT2D eigenvalue weighted by molar-refractivity contribution is 5.89. The summed E-state index contributed by atoms with van der Waals surface area (Å²) in [6.07, 6.45) is 5.61. The van der Waals surface area contributed by atoms with Crippen LogP contribution in [0.5, 0.6) is 0 Å². The van der Waals surface area contributed by atoms with E-state index in [-0.39, 0.29) is 25.6 Å². The molecule has 0 saturated carbocycles. The van der Waals surface area contributed by atoms with Gasteiger partial charge in [-0.05, 0) is 37.3 Å². The molecule has 0 spiro atoms. The van der Waals surface area contributed by atoms with E-state index in [9.17, 15) is 9.59 Å². The number of ether oxygens (including phenoxy) is 2. The molecule has 1 rings (SSSR count). The van der Waals surface area contributed by atoms with Crippen LogP contribution in [-0.4, -0.2) is 25.2 Å². The summed E-state index contributed by atoms with van der Waals surface area (Å²) in [5, 5.41) is 0. The minimum Gasteiger partial charge on any atom is -0.465 e. The summed E-state index contributed by atoms with van der Waals surface area (Å²) in [5.74, 6) is -0.781. The smallest absolute Gasteiger partial charge is 0.338 e. The molecular weight excluding hydrogens is 296 g/mol. The van der Waals surface area contributed by atoms with Crippen LogP contribution in [0.3, 0.4) is 0 Å². The number of carbonyl (C=O) groups excluding carboxylic acids is 2. The molecule has 0 aromatic heterocycles. The van der Waals surface area contributed by atoms with Gasteiger partial charge in [-0.3, -0.25) is 4.79 Å². The van der Waals surface area contributed by atoms with Crippen molar-refractivity contribution in [3.05, 3.63) is 53.8 Å².